The Morgan fingerprint density at radius 3 is 2.87 bits per heavy atom. The predicted molar refractivity (Wildman–Crippen MR) is 59.3 cm³/mol. The second-order valence-electron chi connectivity index (χ2n) is 3.83. The van der Waals surface area contributed by atoms with Crippen molar-refractivity contribution >= 4 is 0 Å². The second-order valence-corrected chi connectivity index (χ2v) is 3.83. The lowest BCUT2D eigenvalue weighted by atomic mass is 9.94. The van der Waals surface area contributed by atoms with Crippen LogP contribution in [0, 0.1) is 0 Å². The summed E-state index contributed by atoms with van der Waals surface area (Å²) in [4.78, 5) is 0. The van der Waals surface area contributed by atoms with Gasteiger partial charge in [0.2, 0.25) is 6.79 Å². The minimum atomic E-state index is 0.333. The van der Waals surface area contributed by atoms with Gasteiger partial charge in [-0.15, -0.1) is 0 Å². The van der Waals surface area contributed by atoms with E-state index in [4.69, 9.17) is 15.2 Å². The highest BCUT2D eigenvalue weighted by Crippen LogP contribution is 2.35. The van der Waals surface area contributed by atoms with Gasteiger partial charge in [0.1, 0.15) is 0 Å². The zero-order valence-corrected chi connectivity index (χ0v) is 9.03. The normalized spacial score (nSPS) is 15.3. The van der Waals surface area contributed by atoms with Gasteiger partial charge in [-0.25, -0.2) is 0 Å². The zero-order chi connectivity index (χ0) is 10.7. The van der Waals surface area contributed by atoms with Crippen LogP contribution in [0.5, 0.6) is 11.5 Å². The van der Waals surface area contributed by atoms with Gasteiger partial charge in [-0.1, -0.05) is 19.4 Å². The molecule has 0 bridgehead atoms. The molecule has 1 aromatic rings. The molecule has 1 heterocycles. The molecule has 0 radical (unpaired) electrons. The van der Waals surface area contributed by atoms with E-state index in [1.54, 1.807) is 0 Å². The third-order valence-electron chi connectivity index (χ3n) is 2.79. The summed E-state index contributed by atoms with van der Waals surface area (Å²) in [6.07, 6.45) is 2.27. The SMILES string of the molecule is CCCC(CN)c1ccc2c(c1)OCO2. The van der Waals surface area contributed by atoms with Crippen LogP contribution in [0.3, 0.4) is 0 Å². The fraction of sp³-hybridized carbons (Fsp3) is 0.500. The Kier molecular flexibility index (Phi) is 3.11. The van der Waals surface area contributed by atoms with Crippen molar-refractivity contribution in [2.45, 2.75) is 25.7 Å². The van der Waals surface area contributed by atoms with E-state index in [2.05, 4.69) is 19.1 Å². The number of ether oxygens (including phenoxy) is 2. The van der Waals surface area contributed by atoms with Gasteiger partial charge in [0.05, 0.1) is 0 Å². The molecule has 1 unspecified atom stereocenters. The molecule has 82 valence electrons. The van der Waals surface area contributed by atoms with Crippen LogP contribution in [0.15, 0.2) is 18.2 Å². The molecule has 1 aromatic carbocycles. The fourth-order valence-electron chi connectivity index (χ4n) is 1.94. The summed E-state index contributed by atoms with van der Waals surface area (Å²) in [5.41, 5.74) is 7.02. The van der Waals surface area contributed by atoms with Crippen LogP contribution >= 0.6 is 0 Å². The van der Waals surface area contributed by atoms with Crippen molar-refractivity contribution in [3.8, 4) is 11.5 Å². The van der Waals surface area contributed by atoms with E-state index < -0.39 is 0 Å². The van der Waals surface area contributed by atoms with Gasteiger partial charge in [-0.3, -0.25) is 0 Å². The third-order valence-corrected chi connectivity index (χ3v) is 2.79. The summed E-state index contributed by atoms with van der Waals surface area (Å²) in [6, 6.07) is 6.10. The van der Waals surface area contributed by atoms with Crippen molar-refractivity contribution in [2.75, 3.05) is 13.3 Å². The Labute approximate surface area is 90.2 Å². The van der Waals surface area contributed by atoms with Gasteiger partial charge in [-0.05, 0) is 36.6 Å². The number of hydrogen-bond acceptors (Lipinski definition) is 3. The minimum Gasteiger partial charge on any atom is -0.454 e. The highest BCUT2D eigenvalue weighted by atomic mass is 16.7. The molecule has 1 aliphatic rings. The van der Waals surface area contributed by atoms with E-state index in [0.717, 1.165) is 24.3 Å². The molecule has 1 atom stereocenters. The molecule has 0 saturated heterocycles. The number of nitrogens with two attached hydrogens (primary N) is 1. The lowest BCUT2D eigenvalue weighted by Gasteiger charge is -2.14. The molecule has 1 aliphatic heterocycles. The molecule has 3 heteroatoms. The molecule has 15 heavy (non-hydrogen) atoms. The van der Waals surface area contributed by atoms with Crippen LogP contribution in [0.25, 0.3) is 0 Å². The standard InChI is InChI=1S/C12H17NO2/c1-2-3-10(7-13)9-4-5-11-12(6-9)15-8-14-11/h4-6,10H,2-3,7-8,13H2,1H3. The summed E-state index contributed by atoms with van der Waals surface area (Å²) in [5.74, 6) is 2.12. The predicted octanol–water partition coefficient (Wildman–Crippen LogP) is 2.26. The molecule has 0 aromatic heterocycles. The quantitative estimate of drug-likeness (QED) is 0.823. The molecular formula is C12H17NO2. The first-order valence-electron chi connectivity index (χ1n) is 5.44. The van der Waals surface area contributed by atoms with Crippen LogP contribution in [-0.4, -0.2) is 13.3 Å². The van der Waals surface area contributed by atoms with Crippen LogP contribution in [-0.2, 0) is 0 Å². The Hall–Kier alpha value is -1.22. The monoisotopic (exact) mass is 207 g/mol. The smallest absolute Gasteiger partial charge is 0.231 e. The lowest BCUT2D eigenvalue weighted by molar-refractivity contribution is 0.174. The van der Waals surface area contributed by atoms with Crippen molar-refractivity contribution in [1.82, 2.24) is 0 Å². The molecule has 3 nitrogen and oxygen atoms in total. The van der Waals surface area contributed by atoms with E-state index >= 15 is 0 Å². The third kappa shape index (κ3) is 2.07. The lowest BCUT2D eigenvalue weighted by Crippen LogP contribution is -2.12. The maximum atomic E-state index is 5.76. The van der Waals surface area contributed by atoms with Crippen LogP contribution in [0.4, 0.5) is 0 Å². The van der Waals surface area contributed by atoms with Gasteiger partial charge < -0.3 is 15.2 Å². The topological polar surface area (TPSA) is 44.5 Å². The maximum Gasteiger partial charge on any atom is 0.231 e. The van der Waals surface area contributed by atoms with Gasteiger partial charge in [0, 0.05) is 0 Å². The Balaban J connectivity index is 2.20. The Bertz CT molecular complexity index is 338. The van der Waals surface area contributed by atoms with Crippen LogP contribution < -0.4 is 15.2 Å². The fourth-order valence-corrected chi connectivity index (χ4v) is 1.94. The van der Waals surface area contributed by atoms with E-state index in [1.807, 2.05) is 6.07 Å². The first-order valence-corrected chi connectivity index (χ1v) is 5.44. The van der Waals surface area contributed by atoms with E-state index in [-0.39, 0.29) is 0 Å². The van der Waals surface area contributed by atoms with Crippen molar-refractivity contribution in [3.05, 3.63) is 23.8 Å². The Morgan fingerprint density at radius 2 is 2.13 bits per heavy atom. The first kappa shape index (κ1) is 10.3. The first-order chi connectivity index (χ1) is 7.35. The van der Waals surface area contributed by atoms with Crippen molar-refractivity contribution in [2.24, 2.45) is 5.73 Å². The summed E-state index contributed by atoms with van der Waals surface area (Å²) < 4.78 is 10.6. The Morgan fingerprint density at radius 1 is 1.33 bits per heavy atom. The largest absolute Gasteiger partial charge is 0.454 e. The number of benzene rings is 1. The van der Waals surface area contributed by atoms with E-state index in [1.165, 1.54) is 5.56 Å². The van der Waals surface area contributed by atoms with E-state index in [9.17, 15) is 0 Å². The van der Waals surface area contributed by atoms with Gasteiger partial charge in [-0.2, -0.15) is 0 Å². The van der Waals surface area contributed by atoms with Crippen molar-refractivity contribution in [1.29, 1.82) is 0 Å². The molecule has 0 aliphatic carbocycles. The molecule has 0 spiro atoms. The van der Waals surface area contributed by atoms with Crippen LogP contribution in [0.2, 0.25) is 0 Å². The minimum absolute atomic E-state index is 0.333. The van der Waals surface area contributed by atoms with Gasteiger partial charge >= 0.3 is 0 Å². The summed E-state index contributed by atoms with van der Waals surface area (Å²) in [6.45, 7) is 3.20. The van der Waals surface area contributed by atoms with E-state index in [0.29, 0.717) is 19.3 Å². The maximum absolute atomic E-state index is 5.76. The molecule has 0 amide bonds. The second kappa shape index (κ2) is 4.53. The van der Waals surface area contributed by atoms with Gasteiger partial charge in [0.25, 0.3) is 0 Å². The van der Waals surface area contributed by atoms with Gasteiger partial charge in [0.15, 0.2) is 11.5 Å². The average Bonchev–Trinajstić information content (AvgIpc) is 2.72. The number of hydrogen-bond donors (Lipinski definition) is 1. The van der Waals surface area contributed by atoms with Crippen molar-refractivity contribution < 1.29 is 9.47 Å². The molecule has 2 rings (SSSR count). The van der Waals surface area contributed by atoms with Crippen molar-refractivity contribution in [3.63, 3.8) is 0 Å². The highest BCUT2D eigenvalue weighted by Gasteiger charge is 2.16. The number of rotatable bonds is 4. The summed E-state index contributed by atoms with van der Waals surface area (Å²) >= 11 is 0. The molecule has 0 fully saturated rings. The van der Waals surface area contributed by atoms with Crippen LogP contribution in [0.1, 0.15) is 31.2 Å². The summed E-state index contributed by atoms with van der Waals surface area (Å²) in [5, 5.41) is 0. The molecule has 0 saturated carbocycles. The zero-order valence-electron chi connectivity index (χ0n) is 9.03. The molecular weight excluding hydrogens is 190 g/mol. The molecule has 2 N–H and O–H groups in total. The average molecular weight is 207 g/mol. The summed E-state index contributed by atoms with van der Waals surface area (Å²) in [7, 11) is 0. The number of fused-ring (bicyclic) bond motifs is 1. The highest BCUT2D eigenvalue weighted by molar-refractivity contribution is 5.45.